The van der Waals surface area contributed by atoms with Crippen molar-refractivity contribution >= 4 is 17.5 Å². The third-order valence-electron chi connectivity index (χ3n) is 3.81. The number of carbonyl (C=O) groups excluding carboxylic acids is 1. The van der Waals surface area contributed by atoms with E-state index in [4.69, 9.17) is 11.6 Å². The summed E-state index contributed by atoms with van der Waals surface area (Å²) in [5, 5.41) is 3.41. The smallest absolute Gasteiger partial charge is 0.264 e. The first-order valence-corrected chi connectivity index (χ1v) is 8.13. The zero-order chi connectivity index (χ0) is 17.8. The second-order valence-corrected chi connectivity index (χ2v) is 6.02. The summed E-state index contributed by atoms with van der Waals surface area (Å²) in [7, 11) is 0. The highest BCUT2D eigenvalue weighted by atomic mass is 35.5. The fourth-order valence-electron chi connectivity index (χ4n) is 2.41. The third-order valence-corrected chi connectivity index (χ3v) is 4.06. The number of halogens is 1. The van der Waals surface area contributed by atoms with E-state index in [0.717, 1.165) is 11.1 Å². The second-order valence-electron chi connectivity index (χ2n) is 5.59. The number of nitrogens with one attached hydrogen (secondary N) is 2. The molecule has 2 N–H and O–H groups in total. The summed E-state index contributed by atoms with van der Waals surface area (Å²) in [6.07, 6.45) is 1.30. The second kappa shape index (κ2) is 7.32. The molecule has 5 nitrogen and oxygen atoms in total. The summed E-state index contributed by atoms with van der Waals surface area (Å²) >= 11 is 5.86. The van der Waals surface area contributed by atoms with Crippen LogP contribution in [0.5, 0.6) is 0 Å². The van der Waals surface area contributed by atoms with Gasteiger partial charge < -0.3 is 10.3 Å². The van der Waals surface area contributed by atoms with Gasteiger partial charge in [0.2, 0.25) is 0 Å². The fraction of sp³-hybridized carbons (Fsp3) is 0.105. The minimum Gasteiger partial charge on any atom is -0.345 e. The molecule has 0 aliphatic rings. The van der Waals surface area contributed by atoms with Gasteiger partial charge in [-0.2, -0.15) is 0 Å². The number of aromatic nitrogens is 2. The number of H-pyrrole nitrogens is 1. The van der Waals surface area contributed by atoms with Crippen LogP contribution in [0.2, 0.25) is 5.02 Å². The number of nitrogens with zero attached hydrogens (tertiary/aromatic N) is 1. The van der Waals surface area contributed by atoms with Crippen LogP contribution in [0.4, 0.5) is 0 Å². The van der Waals surface area contributed by atoms with Crippen LogP contribution in [0, 0.1) is 0 Å². The summed E-state index contributed by atoms with van der Waals surface area (Å²) in [5.41, 5.74) is 1.17. The van der Waals surface area contributed by atoms with E-state index in [9.17, 15) is 9.59 Å². The molecule has 2 aromatic carbocycles. The van der Waals surface area contributed by atoms with Crippen molar-refractivity contribution < 1.29 is 4.79 Å². The molecule has 0 aliphatic heterocycles. The minimum absolute atomic E-state index is 0.0273. The molecule has 0 unspecified atom stereocenters. The Bertz CT molecular complexity index is 937. The van der Waals surface area contributed by atoms with Crippen LogP contribution in [0.25, 0.3) is 11.4 Å². The van der Waals surface area contributed by atoms with Crippen molar-refractivity contribution in [1.29, 1.82) is 0 Å². The van der Waals surface area contributed by atoms with Crippen molar-refractivity contribution in [3.63, 3.8) is 0 Å². The molecule has 3 rings (SSSR count). The number of hydrogen-bond donors (Lipinski definition) is 2. The Morgan fingerprint density at radius 2 is 1.80 bits per heavy atom. The Labute approximate surface area is 149 Å². The number of rotatable bonds is 4. The zero-order valence-corrected chi connectivity index (χ0v) is 14.2. The predicted octanol–water partition coefficient (Wildman–Crippen LogP) is 3.58. The molecule has 25 heavy (non-hydrogen) atoms. The number of amides is 1. The lowest BCUT2D eigenvalue weighted by Gasteiger charge is -2.14. The van der Waals surface area contributed by atoms with Crippen molar-refractivity contribution in [3.05, 3.63) is 87.3 Å². The maximum Gasteiger partial charge on any atom is 0.264 e. The van der Waals surface area contributed by atoms with Crippen LogP contribution < -0.4 is 10.9 Å². The standard InChI is InChI=1S/C19H16ClN3O2/c1-12(13-7-9-15(20)10-8-13)22-18(24)16-11-21-17(23-19(16)25)14-5-3-2-4-6-14/h2-12H,1H3,(H,22,24)(H,21,23,25)/t12-/m1/s1. The first-order chi connectivity index (χ1) is 12.0. The van der Waals surface area contributed by atoms with E-state index in [1.54, 1.807) is 12.1 Å². The Kier molecular flexibility index (Phi) is 4.95. The number of aromatic amines is 1. The molecule has 0 fully saturated rings. The summed E-state index contributed by atoms with van der Waals surface area (Å²) in [6.45, 7) is 1.83. The Hall–Kier alpha value is -2.92. The van der Waals surface area contributed by atoms with Crippen LogP contribution in [-0.4, -0.2) is 15.9 Å². The summed E-state index contributed by atoms with van der Waals surface area (Å²) in [6, 6.07) is 16.1. The van der Waals surface area contributed by atoms with Gasteiger partial charge >= 0.3 is 0 Å². The van der Waals surface area contributed by atoms with E-state index in [1.165, 1.54) is 6.20 Å². The van der Waals surface area contributed by atoms with Crippen molar-refractivity contribution in [1.82, 2.24) is 15.3 Å². The van der Waals surface area contributed by atoms with Gasteiger partial charge in [0.25, 0.3) is 11.5 Å². The lowest BCUT2D eigenvalue weighted by atomic mass is 10.1. The molecule has 0 spiro atoms. The van der Waals surface area contributed by atoms with E-state index in [-0.39, 0.29) is 11.6 Å². The SMILES string of the molecule is C[C@@H](NC(=O)c1cnc(-c2ccccc2)[nH]c1=O)c1ccc(Cl)cc1. The largest absolute Gasteiger partial charge is 0.345 e. The van der Waals surface area contributed by atoms with E-state index in [2.05, 4.69) is 15.3 Å². The molecule has 0 bridgehead atoms. The quantitative estimate of drug-likeness (QED) is 0.752. The number of carbonyl (C=O) groups is 1. The lowest BCUT2D eigenvalue weighted by molar-refractivity contribution is 0.0938. The maximum absolute atomic E-state index is 12.4. The molecule has 1 amide bonds. The molecule has 6 heteroatoms. The molecule has 3 aromatic rings. The van der Waals surface area contributed by atoms with Crippen LogP contribution in [0.15, 0.2) is 65.6 Å². The monoisotopic (exact) mass is 353 g/mol. The molecule has 1 aromatic heterocycles. The molecule has 0 saturated heterocycles. The highest BCUT2D eigenvalue weighted by Gasteiger charge is 2.15. The molecule has 1 heterocycles. The van der Waals surface area contributed by atoms with E-state index in [0.29, 0.717) is 10.8 Å². The van der Waals surface area contributed by atoms with Crippen molar-refractivity contribution in [2.45, 2.75) is 13.0 Å². The van der Waals surface area contributed by atoms with Gasteiger partial charge in [0.05, 0.1) is 6.04 Å². The molecule has 126 valence electrons. The number of hydrogen-bond acceptors (Lipinski definition) is 3. The first-order valence-electron chi connectivity index (χ1n) is 7.75. The molecule has 0 saturated carbocycles. The Balaban J connectivity index is 1.78. The van der Waals surface area contributed by atoms with Gasteiger partial charge in [-0.3, -0.25) is 9.59 Å². The average molecular weight is 354 g/mol. The highest BCUT2D eigenvalue weighted by molar-refractivity contribution is 6.30. The normalized spacial score (nSPS) is 11.8. The van der Waals surface area contributed by atoms with E-state index >= 15 is 0 Å². The molecule has 0 aliphatic carbocycles. The lowest BCUT2D eigenvalue weighted by Crippen LogP contribution is -2.32. The van der Waals surface area contributed by atoms with Gasteiger partial charge in [0.15, 0.2) is 0 Å². The first kappa shape index (κ1) is 16.9. The van der Waals surface area contributed by atoms with Crippen LogP contribution >= 0.6 is 11.6 Å². The van der Waals surface area contributed by atoms with Crippen molar-refractivity contribution in [2.75, 3.05) is 0 Å². The molecular weight excluding hydrogens is 338 g/mol. The van der Waals surface area contributed by atoms with Gasteiger partial charge in [-0.25, -0.2) is 4.98 Å². The third kappa shape index (κ3) is 3.95. The van der Waals surface area contributed by atoms with Gasteiger partial charge in [-0.05, 0) is 24.6 Å². The van der Waals surface area contributed by atoms with Gasteiger partial charge in [0, 0.05) is 16.8 Å². The van der Waals surface area contributed by atoms with Crippen molar-refractivity contribution in [3.8, 4) is 11.4 Å². The summed E-state index contributed by atoms with van der Waals surface area (Å²) in [5.74, 6) is -0.0521. The van der Waals surface area contributed by atoms with Gasteiger partial charge in [0.1, 0.15) is 11.4 Å². The van der Waals surface area contributed by atoms with Crippen molar-refractivity contribution in [2.24, 2.45) is 0 Å². The topological polar surface area (TPSA) is 74.8 Å². The summed E-state index contributed by atoms with van der Waals surface area (Å²) < 4.78 is 0. The molecular formula is C19H16ClN3O2. The van der Waals surface area contributed by atoms with Crippen LogP contribution in [-0.2, 0) is 0 Å². The Morgan fingerprint density at radius 3 is 2.44 bits per heavy atom. The predicted molar refractivity (Wildman–Crippen MR) is 97.6 cm³/mol. The van der Waals surface area contributed by atoms with Gasteiger partial charge in [-0.1, -0.05) is 54.1 Å². The maximum atomic E-state index is 12.4. The Morgan fingerprint density at radius 1 is 1.12 bits per heavy atom. The van der Waals surface area contributed by atoms with Crippen LogP contribution in [0.3, 0.4) is 0 Å². The van der Waals surface area contributed by atoms with Gasteiger partial charge in [-0.15, -0.1) is 0 Å². The average Bonchev–Trinajstić information content (AvgIpc) is 2.62. The molecule has 0 radical (unpaired) electrons. The zero-order valence-electron chi connectivity index (χ0n) is 13.5. The highest BCUT2D eigenvalue weighted by Crippen LogP contribution is 2.16. The van der Waals surface area contributed by atoms with Crippen LogP contribution in [0.1, 0.15) is 28.9 Å². The van der Waals surface area contributed by atoms with E-state index in [1.807, 2.05) is 49.4 Å². The number of benzene rings is 2. The summed E-state index contributed by atoms with van der Waals surface area (Å²) in [4.78, 5) is 31.4. The fourth-order valence-corrected chi connectivity index (χ4v) is 2.53. The van der Waals surface area contributed by atoms with E-state index < -0.39 is 11.5 Å². The minimum atomic E-state index is -0.477. The molecule has 1 atom stereocenters.